The van der Waals surface area contributed by atoms with Crippen molar-refractivity contribution >= 4 is 46.7 Å². The average Bonchev–Trinajstić information content (AvgIpc) is 3.14. The van der Waals surface area contributed by atoms with Crippen LogP contribution in [-0.2, 0) is 4.79 Å². The van der Waals surface area contributed by atoms with Gasteiger partial charge in [0.25, 0.3) is 11.1 Å². The summed E-state index contributed by atoms with van der Waals surface area (Å²) in [4.78, 5) is 49.4. The number of nitrogens with one attached hydrogen (secondary N) is 2. The first kappa shape index (κ1) is 23.0. The molecule has 186 valence electrons. The number of para-hydroxylation sites is 2. The molecule has 0 radical (unpaired) electrons. The van der Waals surface area contributed by atoms with Crippen molar-refractivity contribution in [2.24, 2.45) is 5.41 Å². The molecular weight excluding hydrogens is 492 g/mol. The van der Waals surface area contributed by atoms with Crippen molar-refractivity contribution in [3.05, 3.63) is 77.3 Å². The smallest absolute Gasteiger partial charge is 0.321 e. The van der Waals surface area contributed by atoms with Crippen molar-refractivity contribution in [3.8, 4) is 11.6 Å². The Bertz CT molecular complexity index is 1400. The van der Waals surface area contributed by atoms with Gasteiger partial charge in [0.15, 0.2) is 0 Å². The molecule has 6 rings (SSSR count). The zero-order chi connectivity index (χ0) is 25.4. The molecule has 3 aliphatic rings. The van der Waals surface area contributed by atoms with E-state index in [1.807, 2.05) is 65.6 Å². The van der Waals surface area contributed by atoms with Crippen LogP contribution in [0, 0.1) is 5.41 Å². The van der Waals surface area contributed by atoms with Gasteiger partial charge in [0.2, 0.25) is 11.8 Å². The Labute approximate surface area is 216 Å². The lowest BCUT2D eigenvalue weighted by atomic mass is 9.73. The summed E-state index contributed by atoms with van der Waals surface area (Å²) < 4.78 is 5.95. The quantitative estimate of drug-likeness (QED) is 0.492. The molecule has 0 bridgehead atoms. The second-order valence-electron chi connectivity index (χ2n) is 9.21. The third-order valence-electron chi connectivity index (χ3n) is 6.30. The van der Waals surface area contributed by atoms with Gasteiger partial charge in [-0.1, -0.05) is 36.4 Å². The van der Waals surface area contributed by atoms with E-state index in [2.05, 4.69) is 20.6 Å². The topological polar surface area (TPSA) is 117 Å². The summed E-state index contributed by atoms with van der Waals surface area (Å²) in [5.74, 6) is 0.962. The Morgan fingerprint density at radius 3 is 2.38 bits per heavy atom. The summed E-state index contributed by atoms with van der Waals surface area (Å²) in [7, 11) is 0. The third kappa shape index (κ3) is 4.85. The Morgan fingerprint density at radius 2 is 1.70 bits per heavy atom. The first-order chi connectivity index (χ1) is 17.9. The molecule has 10 nitrogen and oxygen atoms in total. The number of rotatable bonds is 5. The van der Waals surface area contributed by atoms with Gasteiger partial charge in [-0.05, 0) is 42.1 Å². The maximum atomic E-state index is 12.5. The van der Waals surface area contributed by atoms with Gasteiger partial charge in [-0.2, -0.15) is 4.98 Å². The van der Waals surface area contributed by atoms with E-state index >= 15 is 0 Å². The van der Waals surface area contributed by atoms with E-state index in [1.54, 1.807) is 17.0 Å². The summed E-state index contributed by atoms with van der Waals surface area (Å²) in [6.07, 6.45) is 1.56. The number of hydrogen-bond donors (Lipinski definition) is 2. The van der Waals surface area contributed by atoms with E-state index in [-0.39, 0.29) is 16.4 Å². The molecule has 1 aromatic heterocycles. The predicted octanol–water partition coefficient (Wildman–Crippen LogP) is 3.95. The van der Waals surface area contributed by atoms with Crippen LogP contribution in [0.25, 0.3) is 6.08 Å². The lowest BCUT2D eigenvalue weighted by Gasteiger charge is -2.59. The second-order valence-corrected chi connectivity index (χ2v) is 10.2. The van der Waals surface area contributed by atoms with E-state index in [1.165, 1.54) is 0 Å². The number of carbonyl (C=O) groups is 3. The van der Waals surface area contributed by atoms with E-state index in [4.69, 9.17) is 4.74 Å². The third-order valence-corrected chi connectivity index (χ3v) is 7.11. The number of hydrogen-bond acceptors (Lipinski definition) is 8. The van der Waals surface area contributed by atoms with Crippen LogP contribution in [-0.4, -0.2) is 58.2 Å². The number of aromatic nitrogens is 2. The molecule has 3 fully saturated rings. The van der Waals surface area contributed by atoms with Gasteiger partial charge in [0.1, 0.15) is 5.75 Å². The standard InChI is InChI=1S/C26H22N6O4S/c33-22-20(37-25(35)30-22)11-18-12-21(36-19-9-5-2-6-10-19)29-23(27-18)31-13-26(14-31)15-32(16-26)24(34)28-17-7-3-1-4-8-17/h1-12H,13-16H2,(H,28,34)(H,30,33,35)/b20-11-. The zero-order valence-corrected chi connectivity index (χ0v) is 20.4. The number of carbonyl (C=O) groups excluding carboxylic acids is 3. The number of ether oxygens (including phenoxy) is 1. The number of thioether (sulfide) groups is 1. The highest BCUT2D eigenvalue weighted by Crippen LogP contribution is 2.41. The van der Waals surface area contributed by atoms with Gasteiger partial charge < -0.3 is 19.9 Å². The molecular formula is C26H22N6O4S. The molecule has 4 amide bonds. The van der Waals surface area contributed by atoms with Crippen LogP contribution in [0.3, 0.4) is 0 Å². The average molecular weight is 515 g/mol. The van der Waals surface area contributed by atoms with Gasteiger partial charge in [-0.3, -0.25) is 14.9 Å². The fourth-order valence-electron chi connectivity index (χ4n) is 4.60. The highest BCUT2D eigenvalue weighted by Gasteiger charge is 2.54. The number of benzene rings is 2. The summed E-state index contributed by atoms with van der Waals surface area (Å²) in [6.45, 7) is 2.69. The first-order valence-electron chi connectivity index (χ1n) is 11.7. The highest BCUT2D eigenvalue weighted by atomic mass is 32.2. The van der Waals surface area contributed by atoms with Gasteiger partial charge >= 0.3 is 6.03 Å². The fourth-order valence-corrected chi connectivity index (χ4v) is 5.27. The molecule has 3 aromatic rings. The van der Waals surface area contributed by atoms with Crippen LogP contribution in [0.5, 0.6) is 11.6 Å². The van der Waals surface area contributed by atoms with Gasteiger partial charge in [-0.15, -0.1) is 0 Å². The number of urea groups is 1. The van der Waals surface area contributed by atoms with Crippen molar-refractivity contribution < 1.29 is 19.1 Å². The molecule has 3 aliphatic heterocycles. The van der Waals surface area contributed by atoms with Gasteiger partial charge in [0, 0.05) is 43.3 Å². The number of amides is 4. The first-order valence-corrected chi connectivity index (χ1v) is 12.5. The molecule has 2 aromatic carbocycles. The molecule has 37 heavy (non-hydrogen) atoms. The Balaban J connectivity index is 1.16. The van der Waals surface area contributed by atoms with Crippen molar-refractivity contribution in [3.63, 3.8) is 0 Å². The monoisotopic (exact) mass is 514 g/mol. The lowest BCUT2D eigenvalue weighted by Crippen LogP contribution is -2.73. The summed E-state index contributed by atoms with van der Waals surface area (Å²) in [6, 6.07) is 20.2. The predicted molar refractivity (Wildman–Crippen MR) is 139 cm³/mol. The highest BCUT2D eigenvalue weighted by molar-refractivity contribution is 8.18. The van der Waals surface area contributed by atoms with E-state index in [9.17, 15) is 14.4 Å². The van der Waals surface area contributed by atoms with E-state index < -0.39 is 11.1 Å². The SMILES string of the molecule is O=C1NC(=O)/C(=C/c2cc(Oc3ccccc3)nc(N3CC4(CN(C(=O)Nc5ccccc5)C4)C3)n2)S1. The lowest BCUT2D eigenvalue weighted by molar-refractivity contribution is -0.115. The molecule has 11 heteroatoms. The van der Waals surface area contributed by atoms with E-state index in [0.717, 1.165) is 17.4 Å². The summed E-state index contributed by atoms with van der Waals surface area (Å²) >= 11 is 0.832. The van der Waals surface area contributed by atoms with Crippen molar-refractivity contribution in [1.29, 1.82) is 0 Å². The Kier molecular flexibility index (Phi) is 5.76. The van der Waals surface area contributed by atoms with Crippen molar-refractivity contribution in [2.75, 3.05) is 36.4 Å². The molecule has 0 unspecified atom stereocenters. The molecule has 1 spiro atoms. The largest absolute Gasteiger partial charge is 0.439 e. The van der Waals surface area contributed by atoms with Crippen LogP contribution in [0.1, 0.15) is 5.69 Å². The normalized spacial score (nSPS) is 18.9. The molecule has 4 heterocycles. The number of imide groups is 1. The van der Waals surface area contributed by atoms with Crippen LogP contribution in [0.2, 0.25) is 0 Å². The van der Waals surface area contributed by atoms with Crippen LogP contribution >= 0.6 is 11.8 Å². The molecule has 0 saturated carbocycles. The van der Waals surface area contributed by atoms with Crippen LogP contribution in [0.4, 0.5) is 21.2 Å². The molecule has 3 saturated heterocycles. The van der Waals surface area contributed by atoms with Crippen molar-refractivity contribution in [1.82, 2.24) is 20.2 Å². The summed E-state index contributed by atoms with van der Waals surface area (Å²) in [5.41, 5.74) is 1.23. The van der Waals surface area contributed by atoms with Crippen molar-refractivity contribution in [2.45, 2.75) is 0 Å². The fraction of sp³-hybridized carbons (Fsp3) is 0.192. The maximum Gasteiger partial charge on any atom is 0.321 e. The Hall–Kier alpha value is -4.38. The molecule has 0 atom stereocenters. The molecule has 2 N–H and O–H groups in total. The molecule has 0 aliphatic carbocycles. The minimum Gasteiger partial charge on any atom is -0.439 e. The van der Waals surface area contributed by atoms with Crippen LogP contribution < -0.4 is 20.3 Å². The minimum absolute atomic E-state index is 0.0000825. The van der Waals surface area contributed by atoms with Gasteiger partial charge in [-0.25, -0.2) is 9.78 Å². The number of likely N-dealkylation sites (tertiary alicyclic amines) is 1. The van der Waals surface area contributed by atoms with Gasteiger partial charge in [0.05, 0.1) is 10.6 Å². The van der Waals surface area contributed by atoms with Crippen LogP contribution in [0.15, 0.2) is 71.6 Å². The minimum atomic E-state index is -0.452. The zero-order valence-electron chi connectivity index (χ0n) is 19.6. The Morgan fingerprint density at radius 1 is 1.00 bits per heavy atom. The van der Waals surface area contributed by atoms with E-state index in [0.29, 0.717) is 49.5 Å². The second kappa shape index (κ2) is 9.25. The maximum absolute atomic E-state index is 12.5. The number of anilines is 2. The summed E-state index contributed by atoms with van der Waals surface area (Å²) in [5, 5.41) is 4.75. The number of nitrogens with zero attached hydrogens (tertiary/aromatic N) is 4.